The van der Waals surface area contributed by atoms with Crippen molar-refractivity contribution in [1.82, 2.24) is 4.90 Å². The van der Waals surface area contributed by atoms with Gasteiger partial charge in [-0.1, -0.05) is 24.6 Å². The monoisotopic (exact) mass is 294 g/mol. The molecule has 2 heterocycles. The van der Waals surface area contributed by atoms with E-state index in [2.05, 4.69) is 12.2 Å². The Morgan fingerprint density at radius 3 is 2.95 bits per heavy atom. The fourth-order valence-electron chi connectivity index (χ4n) is 3.26. The number of piperidine rings is 1. The molecular formula is C15H19ClN2O2. The number of likely N-dealkylation sites (tertiary alicyclic amines) is 1. The van der Waals surface area contributed by atoms with Crippen LogP contribution in [0.3, 0.4) is 0 Å². The van der Waals surface area contributed by atoms with Crippen LogP contribution in [0, 0.1) is 12.8 Å². The van der Waals surface area contributed by atoms with E-state index in [9.17, 15) is 9.90 Å². The Labute approximate surface area is 123 Å². The molecule has 0 radical (unpaired) electrons. The van der Waals surface area contributed by atoms with Crippen molar-refractivity contribution in [2.45, 2.75) is 32.4 Å². The van der Waals surface area contributed by atoms with E-state index in [0.29, 0.717) is 22.2 Å². The van der Waals surface area contributed by atoms with E-state index >= 15 is 0 Å². The Morgan fingerprint density at radius 2 is 2.25 bits per heavy atom. The summed E-state index contributed by atoms with van der Waals surface area (Å²) in [6.07, 6.45) is 2.14. The van der Waals surface area contributed by atoms with E-state index in [1.54, 1.807) is 12.1 Å². The summed E-state index contributed by atoms with van der Waals surface area (Å²) in [7, 11) is 0. The standard InChI is InChI=1S/C15H19ClN2O2/c1-9-4-3-7-18(8-9)15(20)11-5-6-12(16)10(2)13(11)17-14(15)19/h5-6,9,20H,3-4,7-8H2,1-2H3,(H,17,19)/t9-,15-/m0/s1. The number of fused-ring (bicyclic) bond motifs is 1. The maximum absolute atomic E-state index is 12.4. The molecule has 5 heteroatoms. The number of carbonyl (C=O) groups is 1. The molecule has 1 saturated heterocycles. The number of amides is 1. The van der Waals surface area contributed by atoms with Crippen LogP contribution in [0.25, 0.3) is 0 Å². The van der Waals surface area contributed by atoms with Gasteiger partial charge in [0, 0.05) is 23.7 Å². The highest BCUT2D eigenvalue weighted by atomic mass is 35.5. The van der Waals surface area contributed by atoms with Gasteiger partial charge < -0.3 is 10.4 Å². The number of halogens is 1. The van der Waals surface area contributed by atoms with Crippen molar-refractivity contribution in [2.75, 3.05) is 18.4 Å². The van der Waals surface area contributed by atoms with Crippen molar-refractivity contribution < 1.29 is 9.90 Å². The Balaban J connectivity index is 2.07. The summed E-state index contributed by atoms with van der Waals surface area (Å²) >= 11 is 6.10. The summed E-state index contributed by atoms with van der Waals surface area (Å²) in [5.74, 6) is 0.116. The lowest BCUT2D eigenvalue weighted by Crippen LogP contribution is -2.54. The lowest BCUT2D eigenvalue weighted by molar-refractivity contribution is -0.163. The third-order valence-electron chi connectivity index (χ3n) is 4.44. The maximum Gasteiger partial charge on any atom is 0.276 e. The molecule has 2 aliphatic rings. The lowest BCUT2D eigenvalue weighted by Gasteiger charge is -2.39. The summed E-state index contributed by atoms with van der Waals surface area (Å²) in [6, 6.07) is 3.50. The SMILES string of the molecule is Cc1c(Cl)ccc2c1NC(=O)[C@]2(O)N1CCC[C@H](C)C1. The van der Waals surface area contributed by atoms with Gasteiger partial charge >= 0.3 is 0 Å². The van der Waals surface area contributed by atoms with Crippen LogP contribution in [0.4, 0.5) is 5.69 Å². The molecule has 0 aromatic heterocycles. The van der Waals surface area contributed by atoms with E-state index in [0.717, 1.165) is 31.5 Å². The van der Waals surface area contributed by atoms with E-state index in [4.69, 9.17) is 11.6 Å². The van der Waals surface area contributed by atoms with Crippen molar-refractivity contribution in [3.8, 4) is 0 Å². The van der Waals surface area contributed by atoms with Gasteiger partial charge in [-0.3, -0.25) is 9.69 Å². The summed E-state index contributed by atoms with van der Waals surface area (Å²) in [5, 5.41) is 14.4. The van der Waals surface area contributed by atoms with Crippen molar-refractivity contribution in [3.63, 3.8) is 0 Å². The van der Waals surface area contributed by atoms with E-state index in [-0.39, 0.29) is 5.91 Å². The fraction of sp³-hybridized carbons (Fsp3) is 0.533. The summed E-state index contributed by atoms with van der Waals surface area (Å²) in [5.41, 5.74) is 0.527. The molecule has 0 unspecified atom stereocenters. The number of anilines is 1. The van der Waals surface area contributed by atoms with Crippen molar-refractivity contribution >= 4 is 23.2 Å². The normalized spacial score (nSPS) is 30.2. The van der Waals surface area contributed by atoms with E-state index < -0.39 is 5.72 Å². The molecule has 2 aliphatic heterocycles. The topological polar surface area (TPSA) is 52.6 Å². The fourth-order valence-corrected chi connectivity index (χ4v) is 3.42. The molecule has 4 nitrogen and oxygen atoms in total. The van der Waals surface area contributed by atoms with E-state index in [1.807, 2.05) is 11.8 Å². The van der Waals surface area contributed by atoms with Crippen LogP contribution in [0.15, 0.2) is 12.1 Å². The van der Waals surface area contributed by atoms with Crippen LogP contribution in [0.5, 0.6) is 0 Å². The van der Waals surface area contributed by atoms with Gasteiger partial charge in [-0.25, -0.2) is 0 Å². The average molecular weight is 295 g/mol. The number of carbonyl (C=O) groups excluding carboxylic acids is 1. The zero-order valence-corrected chi connectivity index (χ0v) is 12.5. The Morgan fingerprint density at radius 1 is 1.50 bits per heavy atom. The highest BCUT2D eigenvalue weighted by molar-refractivity contribution is 6.32. The number of rotatable bonds is 1. The van der Waals surface area contributed by atoms with E-state index in [1.165, 1.54) is 0 Å². The molecule has 1 fully saturated rings. The van der Waals surface area contributed by atoms with Gasteiger partial charge in [-0.15, -0.1) is 0 Å². The first kappa shape index (κ1) is 13.9. The summed E-state index contributed by atoms with van der Waals surface area (Å²) in [4.78, 5) is 14.3. The highest BCUT2D eigenvalue weighted by Gasteiger charge is 2.51. The number of nitrogens with zero attached hydrogens (tertiary/aromatic N) is 1. The molecule has 1 amide bonds. The van der Waals surface area contributed by atoms with Crippen molar-refractivity contribution in [3.05, 3.63) is 28.3 Å². The van der Waals surface area contributed by atoms with Crippen LogP contribution in [-0.4, -0.2) is 29.0 Å². The van der Waals surface area contributed by atoms with Crippen LogP contribution in [-0.2, 0) is 10.5 Å². The summed E-state index contributed by atoms with van der Waals surface area (Å²) in [6.45, 7) is 5.46. The van der Waals surface area contributed by atoms with Gasteiger partial charge in [0.25, 0.3) is 5.91 Å². The lowest BCUT2D eigenvalue weighted by atomic mass is 9.94. The molecule has 0 saturated carbocycles. The van der Waals surface area contributed by atoms with Crippen molar-refractivity contribution in [2.24, 2.45) is 5.92 Å². The van der Waals surface area contributed by atoms with Crippen LogP contribution in [0.2, 0.25) is 5.02 Å². The number of hydrogen-bond donors (Lipinski definition) is 2. The molecule has 2 atom stereocenters. The zero-order valence-electron chi connectivity index (χ0n) is 11.7. The van der Waals surface area contributed by atoms with Gasteiger partial charge in [0.05, 0.1) is 5.69 Å². The minimum atomic E-state index is -1.56. The zero-order chi connectivity index (χ0) is 14.5. The molecule has 0 bridgehead atoms. The molecule has 0 aliphatic carbocycles. The number of hydrogen-bond acceptors (Lipinski definition) is 3. The van der Waals surface area contributed by atoms with Crippen LogP contribution in [0.1, 0.15) is 30.9 Å². The minimum Gasteiger partial charge on any atom is -0.364 e. The second-order valence-corrected chi connectivity index (χ2v) is 6.32. The Kier molecular flexibility index (Phi) is 3.27. The molecule has 108 valence electrons. The Hall–Kier alpha value is -1.10. The predicted molar refractivity (Wildman–Crippen MR) is 78.7 cm³/mol. The number of benzene rings is 1. The van der Waals surface area contributed by atoms with Gasteiger partial charge in [0.1, 0.15) is 0 Å². The first-order valence-corrected chi connectivity index (χ1v) is 7.41. The van der Waals surface area contributed by atoms with Crippen LogP contribution >= 0.6 is 11.6 Å². The van der Waals surface area contributed by atoms with Gasteiger partial charge in [0.15, 0.2) is 0 Å². The highest BCUT2D eigenvalue weighted by Crippen LogP contribution is 2.43. The van der Waals surface area contributed by atoms with Gasteiger partial charge in [-0.2, -0.15) is 0 Å². The first-order valence-electron chi connectivity index (χ1n) is 7.03. The molecule has 20 heavy (non-hydrogen) atoms. The largest absolute Gasteiger partial charge is 0.364 e. The quantitative estimate of drug-likeness (QED) is 0.837. The number of nitrogens with one attached hydrogen (secondary N) is 1. The number of aliphatic hydroxyl groups is 1. The molecule has 1 aromatic rings. The molecular weight excluding hydrogens is 276 g/mol. The second kappa shape index (κ2) is 4.72. The van der Waals surface area contributed by atoms with Crippen LogP contribution < -0.4 is 5.32 Å². The predicted octanol–water partition coefficient (Wildman–Crippen LogP) is 2.48. The Bertz CT molecular complexity index is 575. The minimum absolute atomic E-state index is 0.369. The third kappa shape index (κ3) is 1.86. The molecule has 1 aromatic carbocycles. The molecule has 0 spiro atoms. The van der Waals surface area contributed by atoms with Crippen molar-refractivity contribution in [1.29, 1.82) is 0 Å². The molecule has 2 N–H and O–H groups in total. The van der Waals surface area contributed by atoms with Gasteiger partial charge in [-0.05, 0) is 37.3 Å². The summed E-state index contributed by atoms with van der Waals surface area (Å²) < 4.78 is 0. The molecule has 3 rings (SSSR count). The third-order valence-corrected chi connectivity index (χ3v) is 4.85. The first-order chi connectivity index (χ1) is 9.44. The maximum atomic E-state index is 12.4. The second-order valence-electron chi connectivity index (χ2n) is 5.91. The van der Waals surface area contributed by atoms with Gasteiger partial charge in [0.2, 0.25) is 5.72 Å². The average Bonchev–Trinajstić information content (AvgIpc) is 2.68. The smallest absolute Gasteiger partial charge is 0.276 e.